The van der Waals surface area contributed by atoms with Gasteiger partial charge in [-0.1, -0.05) is 0 Å². The summed E-state index contributed by atoms with van der Waals surface area (Å²) in [6, 6.07) is 2.10. The molecule has 1 N–H and O–H groups in total. The molecule has 0 aromatic carbocycles. The molecule has 0 aliphatic carbocycles. The van der Waals surface area contributed by atoms with Gasteiger partial charge in [0.1, 0.15) is 6.10 Å². The van der Waals surface area contributed by atoms with Crippen molar-refractivity contribution in [3.8, 4) is 0 Å². The zero-order valence-corrected chi connectivity index (χ0v) is 12.7. The topological polar surface area (TPSA) is 41.6 Å². The Morgan fingerprint density at radius 1 is 1.50 bits per heavy atom. The maximum Gasteiger partial charge on any atom is 0.227 e. The van der Waals surface area contributed by atoms with Gasteiger partial charge in [-0.25, -0.2) is 0 Å². The maximum absolute atomic E-state index is 12.6. The number of carbonyl (C=O) groups excluding carboxylic acids is 1. The fourth-order valence-electron chi connectivity index (χ4n) is 3.09. The van der Waals surface area contributed by atoms with Gasteiger partial charge in [0.15, 0.2) is 0 Å². The van der Waals surface area contributed by atoms with Crippen LogP contribution in [0.25, 0.3) is 0 Å². The van der Waals surface area contributed by atoms with E-state index < -0.39 is 0 Å². The predicted octanol–water partition coefficient (Wildman–Crippen LogP) is 2.04. The Morgan fingerprint density at radius 3 is 3.10 bits per heavy atom. The summed E-state index contributed by atoms with van der Waals surface area (Å²) in [5.74, 6) is 0.449. The summed E-state index contributed by atoms with van der Waals surface area (Å²) in [4.78, 5) is 14.7. The largest absolute Gasteiger partial charge is 0.367 e. The lowest BCUT2D eigenvalue weighted by Gasteiger charge is -2.39. The van der Waals surface area contributed by atoms with Gasteiger partial charge < -0.3 is 15.0 Å². The van der Waals surface area contributed by atoms with E-state index in [-0.39, 0.29) is 18.1 Å². The average Bonchev–Trinajstić information content (AvgIpc) is 3.01. The van der Waals surface area contributed by atoms with Gasteiger partial charge in [-0.05, 0) is 48.7 Å². The summed E-state index contributed by atoms with van der Waals surface area (Å²) >= 11 is 1.68. The molecule has 0 radical (unpaired) electrons. The van der Waals surface area contributed by atoms with E-state index in [0.29, 0.717) is 12.5 Å². The quantitative estimate of drug-likeness (QED) is 0.907. The van der Waals surface area contributed by atoms with Crippen molar-refractivity contribution >= 4 is 17.2 Å². The normalized spacial score (nSPS) is 31.2. The monoisotopic (exact) mass is 294 g/mol. The molecule has 2 fully saturated rings. The van der Waals surface area contributed by atoms with Crippen molar-refractivity contribution < 1.29 is 9.53 Å². The van der Waals surface area contributed by atoms with Crippen LogP contribution in [-0.2, 0) is 9.53 Å². The average molecular weight is 294 g/mol. The van der Waals surface area contributed by atoms with Crippen molar-refractivity contribution in [1.29, 1.82) is 0 Å². The van der Waals surface area contributed by atoms with Crippen LogP contribution in [-0.4, -0.2) is 43.1 Å². The number of thiophene rings is 1. The van der Waals surface area contributed by atoms with E-state index in [1.807, 2.05) is 4.90 Å². The van der Waals surface area contributed by atoms with Gasteiger partial charge >= 0.3 is 0 Å². The third-order valence-corrected chi connectivity index (χ3v) is 4.83. The molecular formula is C15H22N2O2S. The second-order valence-corrected chi connectivity index (χ2v) is 6.56. The van der Waals surface area contributed by atoms with Crippen molar-refractivity contribution in [2.24, 2.45) is 5.92 Å². The summed E-state index contributed by atoms with van der Waals surface area (Å²) in [5, 5.41) is 7.51. The van der Waals surface area contributed by atoms with Gasteiger partial charge in [-0.2, -0.15) is 11.3 Å². The number of nitrogens with one attached hydrogen (secondary N) is 1. The number of carbonyl (C=O) groups is 1. The highest BCUT2D eigenvalue weighted by molar-refractivity contribution is 7.07. The van der Waals surface area contributed by atoms with Gasteiger partial charge in [-0.15, -0.1) is 0 Å². The number of morpholine rings is 1. The molecule has 3 unspecified atom stereocenters. The Balaban J connectivity index is 1.67. The molecule has 20 heavy (non-hydrogen) atoms. The molecule has 5 heteroatoms. The van der Waals surface area contributed by atoms with Gasteiger partial charge in [0, 0.05) is 13.1 Å². The number of piperidine rings is 1. The molecule has 2 aliphatic rings. The van der Waals surface area contributed by atoms with Crippen LogP contribution in [0.3, 0.4) is 0 Å². The molecule has 4 nitrogen and oxygen atoms in total. The van der Waals surface area contributed by atoms with E-state index in [9.17, 15) is 4.79 Å². The van der Waals surface area contributed by atoms with Crippen molar-refractivity contribution in [2.45, 2.75) is 32.0 Å². The molecule has 3 rings (SSSR count). The number of rotatable bonds is 2. The van der Waals surface area contributed by atoms with E-state index >= 15 is 0 Å². The highest BCUT2D eigenvalue weighted by atomic mass is 32.1. The first-order valence-electron chi connectivity index (χ1n) is 7.41. The smallest absolute Gasteiger partial charge is 0.227 e. The number of ether oxygens (including phenoxy) is 1. The summed E-state index contributed by atoms with van der Waals surface area (Å²) in [5.41, 5.74) is 1.20. The van der Waals surface area contributed by atoms with E-state index in [1.165, 1.54) is 5.56 Å². The zero-order chi connectivity index (χ0) is 13.9. The van der Waals surface area contributed by atoms with Crippen molar-refractivity contribution in [1.82, 2.24) is 10.2 Å². The highest BCUT2D eigenvalue weighted by Gasteiger charge is 2.33. The summed E-state index contributed by atoms with van der Waals surface area (Å²) in [6.07, 6.45) is 2.25. The standard InChI is InChI=1S/C15H22N2O2S/c1-11-8-17(15(18)12-3-2-5-16-7-12)9-14(19-11)13-4-6-20-10-13/h4,6,10-12,14,16H,2-3,5,7-9H2,1H3. The Kier molecular flexibility index (Phi) is 4.38. The summed E-state index contributed by atoms with van der Waals surface area (Å²) in [7, 11) is 0. The van der Waals surface area contributed by atoms with Crippen LogP contribution >= 0.6 is 11.3 Å². The van der Waals surface area contributed by atoms with E-state index in [4.69, 9.17) is 4.74 Å². The molecule has 1 aromatic heterocycles. The number of nitrogens with zero attached hydrogens (tertiary/aromatic N) is 1. The Hall–Kier alpha value is -0.910. The molecule has 0 saturated carbocycles. The Morgan fingerprint density at radius 2 is 2.40 bits per heavy atom. The van der Waals surface area contributed by atoms with Crippen LogP contribution in [0.1, 0.15) is 31.4 Å². The molecule has 3 heterocycles. The van der Waals surface area contributed by atoms with E-state index in [0.717, 1.165) is 32.5 Å². The lowest BCUT2D eigenvalue weighted by atomic mass is 9.97. The number of hydrogen-bond acceptors (Lipinski definition) is 4. The van der Waals surface area contributed by atoms with Crippen LogP contribution < -0.4 is 5.32 Å². The minimum Gasteiger partial charge on any atom is -0.367 e. The van der Waals surface area contributed by atoms with Crippen LogP contribution in [0.15, 0.2) is 16.8 Å². The molecule has 0 bridgehead atoms. The molecule has 1 amide bonds. The lowest BCUT2D eigenvalue weighted by molar-refractivity contribution is -0.149. The maximum atomic E-state index is 12.6. The van der Waals surface area contributed by atoms with Crippen LogP contribution in [0, 0.1) is 5.92 Å². The predicted molar refractivity (Wildman–Crippen MR) is 79.8 cm³/mol. The molecule has 2 saturated heterocycles. The number of hydrogen-bond donors (Lipinski definition) is 1. The van der Waals surface area contributed by atoms with Crippen molar-refractivity contribution in [3.63, 3.8) is 0 Å². The molecule has 110 valence electrons. The van der Waals surface area contributed by atoms with Gasteiger partial charge in [-0.3, -0.25) is 4.79 Å². The fraction of sp³-hybridized carbons (Fsp3) is 0.667. The first kappa shape index (κ1) is 14.0. The summed E-state index contributed by atoms with van der Waals surface area (Å²) in [6.45, 7) is 5.33. The first-order chi connectivity index (χ1) is 9.74. The van der Waals surface area contributed by atoms with Gasteiger partial charge in [0.2, 0.25) is 5.91 Å². The van der Waals surface area contributed by atoms with Gasteiger partial charge in [0.05, 0.1) is 18.6 Å². The SMILES string of the molecule is CC1CN(C(=O)C2CCCNC2)CC(c2ccsc2)O1. The van der Waals surface area contributed by atoms with Gasteiger partial charge in [0.25, 0.3) is 0 Å². The zero-order valence-electron chi connectivity index (χ0n) is 11.9. The van der Waals surface area contributed by atoms with E-state index in [2.05, 4.69) is 29.1 Å². The second kappa shape index (κ2) is 6.24. The molecule has 0 spiro atoms. The minimum absolute atomic E-state index is 0.0329. The first-order valence-corrected chi connectivity index (χ1v) is 8.35. The van der Waals surface area contributed by atoms with Crippen LogP contribution in [0.4, 0.5) is 0 Å². The van der Waals surface area contributed by atoms with Crippen LogP contribution in [0.2, 0.25) is 0 Å². The minimum atomic E-state index is 0.0329. The van der Waals surface area contributed by atoms with E-state index in [1.54, 1.807) is 11.3 Å². The summed E-state index contributed by atoms with van der Waals surface area (Å²) < 4.78 is 6.00. The third-order valence-electron chi connectivity index (χ3n) is 4.13. The van der Waals surface area contributed by atoms with Crippen molar-refractivity contribution in [2.75, 3.05) is 26.2 Å². The fourth-order valence-corrected chi connectivity index (χ4v) is 3.80. The second-order valence-electron chi connectivity index (χ2n) is 5.78. The van der Waals surface area contributed by atoms with Crippen molar-refractivity contribution in [3.05, 3.63) is 22.4 Å². The molecular weight excluding hydrogens is 272 g/mol. The third kappa shape index (κ3) is 3.05. The van der Waals surface area contributed by atoms with Crippen LogP contribution in [0.5, 0.6) is 0 Å². The Labute approximate surface area is 124 Å². The highest BCUT2D eigenvalue weighted by Crippen LogP contribution is 2.28. The molecule has 3 atom stereocenters. The molecule has 2 aliphatic heterocycles. The molecule has 1 aromatic rings. The Bertz CT molecular complexity index is 443. The number of amides is 1. The lowest BCUT2D eigenvalue weighted by Crippen LogP contribution is -2.50.